The molecule has 0 fully saturated rings. The van der Waals surface area contributed by atoms with Crippen molar-refractivity contribution in [1.82, 2.24) is 5.43 Å². The van der Waals surface area contributed by atoms with Gasteiger partial charge in [0.25, 0.3) is 0 Å². The Bertz CT molecular complexity index is 588. The molecule has 1 amide bonds. The fourth-order valence-electron chi connectivity index (χ4n) is 1.98. The van der Waals surface area contributed by atoms with E-state index in [0.29, 0.717) is 6.42 Å². The number of hydrogen-bond acceptors (Lipinski definition) is 2. The van der Waals surface area contributed by atoms with Crippen LogP contribution < -0.4 is 5.43 Å². The van der Waals surface area contributed by atoms with Crippen molar-refractivity contribution in [1.29, 1.82) is 0 Å². The maximum atomic E-state index is 11.7. The number of carbonyl (C=O) groups excluding carboxylic acids is 1. The van der Waals surface area contributed by atoms with Gasteiger partial charge in [-0.3, -0.25) is 4.79 Å². The summed E-state index contributed by atoms with van der Waals surface area (Å²) >= 11 is 0. The van der Waals surface area contributed by atoms with Gasteiger partial charge in [0.1, 0.15) is 0 Å². The molecule has 108 valence electrons. The summed E-state index contributed by atoms with van der Waals surface area (Å²) in [5.41, 5.74) is 6.00. The second-order valence-electron chi connectivity index (χ2n) is 5.04. The second-order valence-corrected chi connectivity index (χ2v) is 5.04. The lowest BCUT2D eigenvalue weighted by Gasteiger charge is -2.01. The average Bonchev–Trinajstić information content (AvgIpc) is 2.50. The Morgan fingerprint density at radius 3 is 2.52 bits per heavy atom. The Balaban J connectivity index is 1.69. The van der Waals surface area contributed by atoms with E-state index in [9.17, 15) is 4.79 Å². The lowest BCUT2D eigenvalue weighted by molar-refractivity contribution is -0.121. The van der Waals surface area contributed by atoms with Gasteiger partial charge in [-0.2, -0.15) is 5.10 Å². The highest BCUT2D eigenvalue weighted by atomic mass is 16.2. The van der Waals surface area contributed by atoms with E-state index in [1.54, 1.807) is 6.21 Å². The molecular formula is C18H20N2O. The van der Waals surface area contributed by atoms with Crippen LogP contribution in [0.3, 0.4) is 0 Å². The number of hydrazone groups is 1. The van der Waals surface area contributed by atoms with Crippen molar-refractivity contribution in [3.8, 4) is 0 Å². The lowest BCUT2D eigenvalue weighted by atomic mass is 10.1. The summed E-state index contributed by atoms with van der Waals surface area (Å²) in [6.07, 6.45) is 3.89. The second kappa shape index (κ2) is 8.00. The molecule has 2 aromatic carbocycles. The van der Waals surface area contributed by atoms with Crippen molar-refractivity contribution in [2.24, 2.45) is 5.10 Å². The normalized spacial score (nSPS) is 10.7. The third-order valence-corrected chi connectivity index (χ3v) is 3.19. The SMILES string of the molecule is Cc1ccc(/C=N\NC(=O)CCCc2ccccc2)cc1. The van der Waals surface area contributed by atoms with E-state index in [2.05, 4.69) is 22.7 Å². The summed E-state index contributed by atoms with van der Waals surface area (Å²) < 4.78 is 0. The first kappa shape index (κ1) is 15.0. The van der Waals surface area contributed by atoms with Crippen molar-refractivity contribution >= 4 is 12.1 Å². The smallest absolute Gasteiger partial charge is 0.240 e. The zero-order valence-electron chi connectivity index (χ0n) is 12.3. The quantitative estimate of drug-likeness (QED) is 0.639. The van der Waals surface area contributed by atoms with Crippen LogP contribution in [0.1, 0.15) is 29.5 Å². The van der Waals surface area contributed by atoms with Crippen LogP contribution in [0.15, 0.2) is 59.7 Å². The molecule has 3 nitrogen and oxygen atoms in total. The largest absolute Gasteiger partial charge is 0.273 e. The van der Waals surface area contributed by atoms with E-state index in [1.807, 2.05) is 49.4 Å². The number of benzene rings is 2. The number of nitrogens with zero attached hydrogens (tertiary/aromatic N) is 1. The molecule has 2 rings (SSSR count). The van der Waals surface area contributed by atoms with Crippen LogP contribution in [0.2, 0.25) is 0 Å². The number of carbonyl (C=O) groups is 1. The van der Waals surface area contributed by atoms with Crippen LogP contribution in [0.5, 0.6) is 0 Å². The molecule has 0 aliphatic rings. The van der Waals surface area contributed by atoms with E-state index in [-0.39, 0.29) is 5.91 Å². The van der Waals surface area contributed by atoms with Crippen LogP contribution in [0, 0.1) is 6.92 Å². The molecule has 0 radical (unpaired) electrons. The molecule has 1 N–H and O–H groups in total. The first-order valence-electron chi connectivity index (χ1n) is 7.16. The van der Waals surface area contributed by atoms with E-state index in [0.717, 1.165) is 18.4 Å². The predicted molar refractivity (Wildman–Crippen MR) is 86.3 cm³/mol. The van der Waals surface area contributed by atoms with E-state index in [4.69, 9.17) is 0 Å². The monoisotopic (exact) mass is 280 g/mol. The zero-order chi connectivity index (χ0) is 14.9. The molecule has 21 heavy (non-hydrogen) atoms. The molecule has 0 atom stereocenters. The van der Waals surface area contributed by atoms with Crippen molar-refractivity contribution < 1.29 is 4.79 Å². The summed E-state index contributed by atoms with van der Waals surface area (Å²) in [7, 11) is 0. The standard InChI is InChI=1S/C18H20N2O/c1-15-10-12-17(13-11-15)14-19-20-18(21)9-5-8-16-6-3-2-4-7-16/h2-4,6-7,10-14H,5,8-9H2,1H3,(H,20,21)/b19-14-. The molecule has 0 spiro atoms. The Labute approximate surface area is 125 Å². The molecule has 0 aliphatic heterocycles. The van der Waals surface area contributed by atoms with Crippen LogP contribution >= 0.6 is 0 Å². The van der Waals surface area contributed by atoms with Crippen molar-refractivity contribution in [2.75, 3.05) is 0 Å². The Kier molecular flexibility index (Phi) is 5.71. The van der Waals surface area contributed by atoms with Gasteiger partial charge >= 0.3 is 0 Å². The number of hydrogen-bond donors (Lipinski definition) is 1. The lowest BCUT2D eigenvalue weighted by Crippen LogP contribution is -2.17. The molecule has 0 aliphatic carbocycles. The number of aryl methyl sites for hydroxylation is 2. The van der Waals surface area contributed by atoms with Gasteiger partial charge in [0.05, 0.1) is 6.21 Å². The molecule has 2 aromatic rings. The van der Waals surface area contributed by atoms with Gasteiger partial charge < -0.3 is 0 Å². The maximum Gasteiger partial charge on any atom is 0.240 e. The summed E-state index contributed by atoms with van der Waals surface area (Å²) in [6, 6.07) is 18.2. The van der Waals surface area contributed by atoms with Crippen LogP contribution in [-0.2, 0) is 11.2 Å². The minimum atomic E-state index is -0.0470. The first-order valence-corrected chi connectivity index (χ1v) is 7.16. The Morgan fingerprint density at radius 2 is 1.81 bits per heavy atom. The average molecular weight is 280 g/mol. The highest BCUT2D eigenvalue weighted by Gasteiger charge is 1.99. The molecule has 0 heterocycles. The fraction of sp³-hybridized carbons (Fsp3) is 0.222. The highest BCUT2D eigenvalue weighted by molar-refractivity contribution is 5.82. The predicted octanol–water partition coefficient (Wildman–Crippen LogP) is 3.47. The van der Waals surface area contributed by atoms with Crippen molar-refractivity contribution in [2.45, 2.75) is 26.2 Å². The van der Waals surface area contributed by atoms with Gasteiger partial charge in [0.15, 0.2) is 0 Å². The Morgan fingerprint density at radius 1 is 1.10 bits per heavy atom. The van der Waals surface area contributed by atoms with Crippen molar-refractivity contribution in [3.63, 3.8) is 0 Å². The molecule has 0 bridgehead atoms. The van der Waals surface area contributed by atoms with E-state index >= 15 is 0 Å². The number of rotatable bonds is 6. The zero-order valence-corrected chi connectivity index (χ0v) is 12.3. The van der Waals surface area contributed by atoms with E-state index in [1.165, 1.54) is 11.1 Å². The highest BCUT2D eigenvalue weighted by Crippen LogP contribution is 2.04. The van der Waals surface area contributed by atoms with E-state index < -0.39 is 0 Å². The van der Waals surface area contributed by atoms with Gasteiger partial charge in [-0.15, -0.1) is 0 Å². The van der Waals surface area contributed by atoms with Gasteiger partial charge in [-0.25, -0.2) is 5.43 Å². The molecule has 0 aromatic heterocycles. The summed E-state index contributed by atoms with van der Waals surface area (Å²) in [6.45, 7) is 2.04. The molecule has 0 saturated carbocycles. The summed E-state index contributed by atoms with van der Waals surface area (Å²) in [5, 5.41) is 3.97. The summed E-state index contributed by atoms with van der Waals surface area (Å²) in [4.78, 5) is 11.7. The topological polar surface area (TPSA) is 41.5 Å². The third kappa shape index (κ3) is 5.61. The minimum absolute atomic E-state index is 0.0470. The van der Waals surface area contributed by atoms with Gasteiger partial charge in [-0.05, 0) is 30.9 Å². The minimum Gasteiger partial charge on any atom is -0.273 e. The van der Waals surface area contributed by atoms with Crippen LogP contribution in [0.25, 0.3) is 0 Å². The Hall–Kier alpha value is -2.42. The maximum absolute atomic E-state index is 11.7. The van der Waals surface area contributed by atoms with Gasteiger partial charge in [0, 0.05) is 6.42 Å². The van der Waals surface area contributed by atoms with Gasteiger partial charge in [-0.1, -0.05) is 60.2 Å². The molecule has 3 heteroatoms. The third-order valence-electron chi connectivity index (χ3n) is 3.19. The van der Waals surface area contributed by atoms with Crippen molar-refractivity contribution in [3.05, 3.63) is 71.3 Å². The molecule has 0 unspecified atom stereocenters. The van der Waals surface area contributed by atoms with Gasteiger partial charge in [0.2, 0.25) is 5.91 Å². The summed E-state index contributed by atoms with van der Waals surface area (Å²) in [5.74, 6) is -0.0470. The number of nitrogens with one attached hydrogen (secondary N) is 1. The first-order chi connectivity index (χ1) is 10.2. The van der Waals surface area contributed by atoms with Crippen LogP contribution in [0.4, 0.5) is 0 Å². The number of amides is 1. The van der Waals surface area contributed by atoms with Crippen LogP contribution in [-0.4, -0.2) is 12.1 Å². The molecular weight excluding hydrogens is 260 g/mol. The fourth-order valence-corrected chi connectivity index (χ4v) is 1.98. The molecule has 0 saturated heterocycles.